The van der Waals surface area contributed by atoms with Gasteiger partial charge in [-0.05, 0) is 52.0 Å². The molecule has 0 unspecified atom stereocenters. The maximum Gasteiger partial charge on any atom is 0.242 e. The highest BCUT2D eigenvalue weighted by atomic mass is 16.2. The van der Waals surface area contributed by atoms with Crippen molar-refractivity contribution < 1.29 is 9.59 Å². The predicted octanol–water partition coefficient (Wildman–Crippen LogP) is 2.75. The second-order valence-corrected chi connectivity index (χ2v) is 6.08. The van der Waals surface area contributed by atoms with Gasteiger partial charge in [-0.25, -0.2) is 0 Å². The van der Waals surface area contributed by atoms with E-state index in [-0.39, 0.29) is 23.4 Å². The third-order valence-corrected chi connectivity index (χ3v) is 2.76. The molecule has 0 aliphatic heterocycles. The van der Waals surface area contributed by atoms with Crippen molar-refractivity contribution in [2.24, 2.45) is 0 Å². The minimum absolute atomic E-state index is 0.0198. The number of rotatable bonds is 5. The van der Waals surface area contributed by atoms with Crippen molar-refractivity contribution in [1.82, 2.24) is 5.32 Å². The van der Waals surface area contributed by atoms with Crippen LogP contribution in [0.4, 0.5) is 11.4 Å². The normalized spacial score (nSPS) is 12.4. The van der Waals surface area contributed by atoms with Crippen molar-refractivity contribution in [3.05, 3.63) is 24.3 Å². The number of nitrogens with one attached hydrogen (secondary N) is 3. The molecule has 2 amide bonds. The van der Waals surface area contributed by atoms with E-state index in [1.54, 1.807) is 6.92 Å². The zero-order valence-electron chi connectivity index (χ0n) is 13.4. The summed E-state index contributed by atoms with van der Waals surface area (Å²) in [4.78, 5) is 23.3. The quantitative estimate of drug-likeness (QED) is 0.781. The van der Waals surface area contributed by atoms with Gasteiger partial charge in [-0.2, -0.15) is 0 Å². The van der Waals surface area contributed by atoms with Crippen LogP contribution in [0.1, 0.15) is 41.0 Å². The third-order valence-electron chi connectivity index (χ3n) is 2.76. The van der Waals surface area contributed by atoms with Crippen LogP contribution in [0.2, 0.25) is 0 Å². The van der Waals surface area contributed by atoms with Crippen LogP contribution in [0.25, 0.3) is 0 Å². The summed E-state index contributed by atoms with van der Waals surface area (Å²) < 4.78 is 0. The van der Waals surface area contributed by atoms with Gasteiger partial charge in [-0.1, -0.05) is 6.92 Å². The lowest BCUT2D eigenvalue weighted by Gasteiger charge is -2.24. The molecule has 0 saturated heterocycles. The van der Waals surface area contributed by atoms with Gasteiger partial charge in [0.25, 0.3) is 0 Å². The number of carbonyl (C=O) groups excluding carboxylic acids is 2. The predicted molar refractivity (Wildman–Crippen MR) is 86.3 cm³/mol. The maximum absolute atomic E-state index is 12.0. The van der Waals surface area contributed by atoms with Gasteiger partial charge in [0, 0.05) is 23.3 Å². The first kappa shape index (κ1) is 17.0. The van der Waals surface area contributed by atoms with Crippen LogP contribution in [0.15, 0.2) is 24.3 Å². The van der Waals surface area contributed by atoms with Crippen molar-refractivity contribution in [3.8, 4) is 0 Å². The monoisotopic (exact) mass is 291 g/mol. The Morgan fingerprint density at radius 1 is 1.10 bits per heavy atom. The second kappa shape index (κ2) is 7.11. The molecular formula is C16H25N3O2. The van der Waals surface area contributed by atoms with Gasteiger partial charge in [0.1, 0.15) is 6.04 Å². The summed E-state index contributed by atoms with van der Waals surface area (Å²) in [6.45, 7) is 9.46. The summed E-state index contributed by atoms with van der Waals surface area (Å²) in [5, 5.41) is 8.84. The molecule has 1 aromatic rings. The molecule has 5 heteroatoms. The fraction of sp³-hybridized carbons (Fsp3) is 0.500. The van der Waals surface area contributed by atoms with E-state index in [2.05, 4.69) is 16.0 Å². The van der Waals surface area contributed by atoms with Gasteiger partial charge in [0.2, 0.25) is 11.8 Å². The molecule has 0 radical (unpaired) electrons. The molecule has 0 aliphatic carbocycles. The van der Waals surface area contributed by atoms with Gasteiger partial charge < -0.3 is 16.0 Å². The molecule has 1 aromatic carbocycles. The fourth-order valence-corrected chi connectivity index (χ4v) is 1.69. The number of carbonyl (C=O) groups is 2. The molecule has 1 rings (SSSR count). The second-order valence-electron chi connectivity index (χ2n) is 6.08. The van der Waals surface area contributed by atoms with E-state index in [0.29, 0.717) is 6.42 Å². The minimum Gasteiger partial charge on any atom is -0.374 e. The van der Waals surface area contributed by atoms with Crippen molar-refractivity contribution in [2.45, 2.75) is 52.6 Å². The molecule has 3 N–H and O–H groups in total. The summed E-state index contributed by atoms with van der Waals surface area (Å²) in [5.41, 5.74) is 1.33. The summed E-state index contributed by atoms with van der Waals surface area (Å²) in [7, 11) is 0. The van der Waals surface area contributed by atoms with E-state index in [9.17, 15) is 9.59 Å². The fourth-order valence-electron chi connectivity index (χ4n) is 1.69. The Morgan fingerprint density at radius 2 is 1.62 bits per heavy atom. The highest BCUT2D eigenvalue weighted by Gasteiger charge is 2.18. The van der Waals surface area contributed by atoms with E-state index in [4.69, 9.17) is 0 Å². The summed E-state index contributed by atoms with van der Waals surface area (Å²) in [6, 6.07) is 6.97. The molecule has 0 spiro atoms. The first-order valence-electron chi connectivity index (χ1n) is 7.19. The van der Waals surface area contributed by atoms with E-state index < -0.39 is 0 Å². The van der Waals surface area contributed by atoms with E-state index in [1.807, 2.05) is 52.0 Å². The highest BCUT2D eigenvalue weighted by molar-refractivity contribution is 5.90. The van der Waals surface area contributed by atoms with Crippen LogP contribution in [0.3, 0.4) is 0 Å². The molecule has 0 aliphatic rings. The first-order valence-corrected chi connectivity index (χ1v) is 7.19. The van der Waals surface area contributed by atoms with Gasteiger partial charge in [0.05, 0.1) is 0 Å². The molecular weight excluding hydrogens is 266 g/mol. The van der Waals surface area contributed by atoms with Crippen molar-refractivity contribution >= 4 is 23.2 Å². The van der Waals surface area contributed by atoms with Gasteiger partial charge in [0.15, 0.2) is 0 Å². The van der Waals surface area contributed by atoms with E-state index >= 15 is 0 Å². The van der Waals surface area contributed by atoms with Crippen LogP contribution >= 0.6 is 0 Å². The Labute approximate surface area is 126 Å². The van der Waals surface area contributed by atoms with Crippen LogP contribution in [0, 0.1) is 0 Å². The Hall–Kier alpha value is -2.04. The van der Waals surface area contributed by atoms with Crippen molar-refractivity contribution in [1.29, 1.82) is 0 Å². The molecule has 0 fully saturated rings. The molecule has 116 valence electrons. The Kier molecular flexibility index (Phi) is 5.76. The lowest BCUT2D eigenvalue weighted by Crippen LogP contribution is -2.47. The number of benzene rings is 1. The van der Waals surface area contributed by atoms with Crippen LogP contribution in [-0.2, 0) is 9.59 Å². The standard InChI is InChI=1S/C16H25N3O2/c1-6-14(20)18-13-9-7-12(8-10-13)17-11(2)15(21)19-16(3,4)5/h7-11,17H,6H2,1-5H3,(H,18,20)(H,19,21)/t11-/m1/s1. The molecule has 1 atom stereocenters. The number of anilines is 2. The Bertz CT molecular complexity index is 489. The summed E-state index contributed by atoms with van der Waals surface area (Å²) >= 11 is 0. The minimum atomic E-state index is -0.333. The zero-order chi connectivity index (χ0) is 16.0. The van der Waals surface area contributed by atoms with E-state index in [0.717, 1.165) is 11.4 Å². The van der Waals surface area contributed by atoms with Crippen LogP contribution in [0.5, 0.6) is 0 Å². The maximum atomic E-state index is 12.0. The lowest BCUT2D eigenvalue weighted by molar-refractivity contribution is -0.123. The topological polar surface area (TPSA) is 70.2 Å². The summed E-state index contributed by atoms with van der Waals surface area (Å²) in [6.07, 6.45) is 0.448. The zero-order valence-corrected chi connectivity index (χ0v) is 13.4. The largest absolute Gasteiger partial charge is 0.374 e. The van der Waals surface area contributed by atoms with Gasteiger partial charge >= 0.3 is 0 Å². The Balaban J connectivity index is 2.59. The van der Waals surface area contributed by atoms with Crippen LogP contribution in [-0.4, -0.2) is 23.4 Å². The third kappa shape index (κ3) is 6.29. The average molecular weight is 291 g/mol. The molecule has 21 heavy (non-hydrogen) atoms. The van der Waals surface area contributed by atoms with Crippen LogP contribution < -0.4 is 16.0 Å². The average Bonchev–Trinajstić information content (AvgIpc) is 2.38. The van der Waals surface area contributed by atoms with Gasteiger partial charge in [-0.3, -0.25) is 9.59 Å². The molecule has 0 saturated carbocycles. The number of amides is 2. The highest BCUT2D eigenvalue weighted by Crippen LogP contribution is 2.15. The smallest absolute Gasteiger partial charge is 0.242 e. The van der Waals surface area contributed by atoms with Gasteiger partial charge in [-0.15, -0.1) is 0 Å². The molecule has 0 bridgehead atoms. The number of hydrogen-bond acceptors (Lipinski definition) is 3. The first-order chi connectivity index (χ1) is 9.71. The van der Waals surface area contributed by atoms with E-state index in [1.165, 1.54) is 0 Å². The van der Waals surface area contributed by atoms with Crippen molar-refractivity contribution in [3.63, 3.8) is 0 Å². The molecule has 5 nitrogen and oxygen atoms in total. The summed E-state index contributed by atoms with van der Waals surface area (Å²) in [5.74, 6) is -0.0699. The molecule has 0 aromatic heterocycles. The lowest BCUT2D eigenvalue weighted by atomic mass is 10.1. The Morgan fingerprint density at radius 3 is 2.10 bits per heavy atom. The SMILES string of the molecule is CCC(=O)Nc1ccc(N[C@H](C)C(=O)NC(C)(C)C)cc1. The van der Waals surface area contributed by atoms with Crippen molar-refractivity contribution in [2.75, 3.05) is 10.6 Å². The number of hydrogen-bond donors (Lipinski definition) is 3. The molecule has 0 heterocycles.